The number of benzene rings is 1. The van der Waals surface area contributed by atoms with Gasteiger partial charge in [0.05, 0.1) is 18.8 Å². The summed E-state index contributed by atoms with van der Waals surface area (Å²) in [7, 11) is 1.64. The number of ether oxygens (including phenoxy) is 1. The number of piperidine rings is 1. The van der Waals surface area contributed by atoms with Gasteiger partial charge in [-0.15, -0.1) is 0 Å². The summed E-state index contributed by atoms with van der Waals surface area (Å²) in [6.07, 6.45) is 6.87. The maximum absolute atomic E-state index is 13.8. The molecule has 2 aliphatic rings. The van der Waals surface area contributed by atoms with Crippen LogP contribution in [0.4, 0.5) is 11.9 Å². The first-order valence-corrected chi connectivity index (χ1v) is 12.2. The lowest BCUT2D eigenvalue weighted by molar-refractivity contribution is 0.0727. The van der Waals surface area contributed by atoms with Crippen LogP contribution in [-0.4, -0.2) is 57.5 Å². The lowest BCUT2D eigenvalue weighted by atomic mass is 9.99. The summed E-state index contributed by atoms with van der Waals surface area (Å²) in [4.78, 5) is 36.0. The zero-order valence-electron chi connectivity index (χ0n) is 20.3. The number of anilines is 2. The van der Waals surface area contributed by atoms with Crippen LogP contribution in [0.1, 0.15) is 60.0 Å². The average Bonchev–Trinajstić information content (AvgIpc) is 3.38. The molecule has 2 aromatic heterocycles. The molecule has 2 aliphatic heterocycles. The zero-order chi connectivity index (χ0) is 24.4. The number of nitrogens with two attached hydrogens (primary N) is 1. The largest absolute Gasteiger partial charge is 0.497 e. The Hall–Kier alpha value is -3.75. The molecule has 0 aliphatic carbocycles. The number of nitrogen functional groups attached to an aromatic ring is 1. The van der Waals surface area contributed by atoms with Crippen LogP contribution in [0.5, 0.6) is 5.75 Å². The minimum Gasteiger partial charge on any atom is -0.497 e. The van der Waals surface area contributed by atoms with Gasteiger partial charge in [-0.1, -0.05) is 12.1 Å². The lowest BCUT2D eigenvalue weighted by Crippen LogP contribution is -2.34. The third kappa shape index (κ3) is 4.76. The molecule has 1 atom stereocenters. The third-order valence-electron chi connectivity index (χ3n) is 6.75. The number of rotatable bonds is 5. The van der Waals surface area contributed by atoms with E-state index in [0.29, 0.717) is 18.2 Å². The predicted octanol–water partition coefficient (Wildman–Crippen LogP) is 3.80. The molecule has 1 aromatic carbocycles. The molecular weight excluding hydrogens is 442 g/mol. The van der Waals surface area contributed by atoms with Gasteiger partial charge in [-0.25, -0.2) is 19.9 Å². The highest BCUT2D eigenvalue weighted by molar-refractivity contribution is 5.93. The number of hydrogen-bond acceptors (Lipinski definition) is 8. The monoisotopic (exact) mass is 473 g/mol. The summed E-state index contributed by atoms with van der Waals surface area (Å²) in [6.45, 7) is 4.40. The summed E-state index contributed by atoms with van der Waals surface area (Å²) in [5.41, 5.74) is 9.74. The van der Waals surface area contributed by atoms with Crippen molar-refractivity contribution in [1.29, 1.82) is 0 Å². The molecule has 0 spiro atoms. The summed E-state index contributed by atoms with van der Waals surface area (Å²) in [5, 5.41) is 0. The van der Waals surface area contributed by atoms with Crippen molar-refractivity contribution in [2.45, 2.75) is 45.1 Å². The molecule has 4 heterocycles. The van der Waals surface area contributed by atoms with Crippen LogP contribution >= 0.6 is 0 Å². The summed E-state index contributed by atoms with van der Waals surface area (Å²) in [6, 6.07) is 9.31. The van der Waals surface area contributed by atoms with E-state index < -0.39 is 0 Å². The Balaban J connectivity index is 1.49. The van der Waals surface area contributed by atoms with E-state index in [9.17, 15) is 4.79 Å². The first-order valence-electron chi connectivity index (χ1n) is 12.2. The molecule has 9 nitrogen and oxygen atoms in total. The zero-order valence-corrected chi connectivity index (χ0v) is 20.3. The van der Waals surface area contributed by atoms with Gasteiger partial charge < -0.3 is 20.3 Å². The minimum atomic E-state index is -0.220. The van der Waals surface area contributed by atoms with Crippen LogP contribution in [0, 0.1) is 6.92 Å². The van der Waals surface area contributed by atoms with Gasteiger partial charge in [0.1, 0.15) is 11.4 Å². The molecule has 182 valence electrons. The van der Waals surface area contributed by atoms with Crippen molar-refractivity contribution in [3.05, 3.63) is 53.6 Å². The Morgan fingerprint density at radius 3 is 2.69 bits per heavy atom. The Labute approximate surface area is 205 Å². The van der Waals surface area contributed by atoms with E-state index in [1.165, 1.54) is 6.42 Å². The molecule has 0 radical (unpaired) electrons. The van der Waals surface area contributed by atoms with Crippen LogP contribution in [0.2, 0.25) is 0 Å². The lowest BCUT2D eigenvalue weighted by Gasteiger charge is -2.28. The summed E-state index contributed by atoms with van der Waals surface area (Å²) >= 11 is 0. The Bertz CT molecular complexity index is 1230. The maximum atomic E-state index is 13.8. The van der Waals surface area contributed by atoms with Gasteiger partial charge in [0, 0.05) is 37.1 Å². The van der Waals surface area contributed by atoms with Gasteiger partial charge in [0.25, 0.3) is 5.91 Å². The number of hydrogen-bond donors (Lipinski definition) is 1. The molecule has 2 saturated heterocycles. The van der Waals surface area contributed by atoms with Crippen molar-refractivity contribution >= 4 is 17.8 Å². The first-order chi connectivity index (χ1) is 17.0. The number of methoxy groups -OCH3 is 1. The van der Waals surface area contributed by atoms with E-state index in [2.05, 4.69) is 19.9 Å². The van der Waals surface area contributed by atoms with Crippen molar-refractivity contribution in [2.24, 2.45) is 0 Å². The van der Waals surface area contributed by atoms with Crippen LogP contribution in [-0.2, 0) is 0 Å². The molecule has 2 N–H and O–H groups in total. The van der Waals surface area contributed by atoms with Crippen LogP contribution in [0.3, 0.4) is 0 Å². The second-order valence-electron chi connectivity index (χ2n) is 9.16. The molecule has 2 fully saturated rings. The number of carbonyl (C=O) groups is 1. The SMILES string of the molecule is COc1cccc(-c2cnc(N)nc2C2CCCN2C(=O)c2cc(C)nc(N3CCCCC3)n2)c1. The van der Waals surface area contributed by atoms with E-state index in [4.69, 9.17) is 15.5 Å². The van der Waals surface area contributed by atoms with E-state index >= 15 is 0 Å². The van der Waals surface area contributed by atoms with Crippen LogP contribution in [0.25, 0.3) is 11.1 Å². The van der Waals surface area contributed by atoms with Crippen LogP contribution < -0.4 is 15.4 Å². The van der Waals surface area contributed by atoms with E-state index in [-0.39, 0.29) is 17.9 Å². The molecule has 0 bridgehead atoms. The fourth-order valence-corrected chi connectivity index (χ4v) is 5.02. The highest BCUT2D eigenvalue weighted by Gasteiger charge is 2.34. The van der Waals surface area contributed by atoms with Crippen molar-refractivity contribution in [2.75, 3.05) is 37.4 Å². The number of aryl methyl sites for hydroxylation is 1. The van der Waals surface area contributed by atoms with Crippen molar-refractivity contribution < 1.29 is 9.53 Å². The smallest absolute Gasteiger partial charge is 0.273 e. The molecule has 3 aromatic rings. The fraction of sp³-hybridized carbons (Fsp3) is 0.423. The summed E-state index contributed by atoms with van der Waals surface area (Å²) < 4.78 is 5.41. The topological polar surface area (TPSA) is 110 Å². The van der Waals surface area contributed by atoms with E-state index in [1.807, 2.05) is 36.1 Å². The normalized spacial score (nSPS) is 18.1. The number of likely N-dealkylation sites (tertiary alicyclic amines) is 1. The molecule has 1 unspecified atom stereocenters. The Morgan fingerprint density at radius 1 is 1.06 bits per heavy atom. The standard InChI is InChI=1S/C26H31N7O2/c1-17-14-21(30-26(29-17)32-11-4-3-5-12-32)24(34)33-13-7-10-22(33)23-20(16-28-25(27)31-23)18-8-6-9-19(15-18)35-2/h6,8-9,14-16,22H,3-5,7,10-13H2,1-2H3,(H2,27,28,31). The van der Waals surface area contributed by atoms with Gasteiger partial charge in [-0.3, -0.25) is 4.79 Å². The fourth-order valence-electron chi connectivity index (χ4n) is 5.02. The number of amides is 1. The number of nitrogens with zero attached hydrogens (tertiary/aromatic N) is 6. The maximum Gasteiger partial charge on any atom is 0.273 e. The second-order valence-corrected chi connectivity index (χ2v) is 9.16. The average molecular weight is 474 g/mol. The molecule has 5 rings (SSSR count). The minimum absolute atomic E-state index is 0.106. The van der Waals surface area contributed by atoms with Gasteiger partial charge in [-0.2, -0.15) is 0 Å². The van der Waals surface area contributed by atoms with Gasteiger partial charge in [-0.05, 0) is 62.8 Å². The first kappa shape index (κ1) is 23.0. The van der Waals surface area contributed by atoms with Crippen LogP contribution in [0.15, 0.2) is 36.5 Å². The van der Waals surface area contributed by atoms with Gasteiger partial charge in [0.2, 0.25) is 11.9 Å². The second kappa shape index (κ2) is 9.85. The molecule has 9 heteroatoms. The Kier molecular flexibility index (Phi) is 6.48. The predicted molar refractivity (Wildman–Crippen MR) is 134 cm³/mol. The van der Waals surface area contributed by atoms with E-state index in [0.717, 1.165) is 67.0 Å². The summed E-state index contributed by atoms with van der Waals surface area (Å²) in [5.74, 6) is 1.47. The quantitative estimate of drug-likeness (QED) is 0.596. The highest BCUT2D eigenvalue weighted by Crippen LogP contribution is 2.38. The van der Waals surface area contributed by atoms with E-state index in [1.54, 1.807) is 19.4 Å². The molecule has 1 amide bonds. The highest BCUT2D eigenvalue weighted by atomic mass is 16.5. The van der Waals surface area contributed by atoms with Gasteiger partial charge in [0.15, 0.2) is 0 Å². The molecule has 0 saturated carbocycles. The van der Waals surface area contributed by atoms with Crippen molar-refractivity contribution in [1.82, 2.24) is 24.8 Å². The Morgan fingerprint density at radius 2 is 1.89 bits per heavy atom. The number of carbonyl (C=O) groups excluding carboxylic acids is 1. The van der Waals surface area contributed by atoms with Gasteiger partial charge >= 0.3 is 0 Å². The molecule has 35 heavy (non-hydrogen) atoms. The third-order valence-corrected chi connectivity index (χ3v) is 6.75. The molecular formula is C26H31N7O2. The van der Waals surface area contributed by atoms with Crippen molar-refractivity contribution in [3.8, 4) is 16.9 Å². The van der Waals surface area contributed by atoms with Crippen molar-refractivity contribution in [3.63, 3.8) is 0 Å². The number of aromatic nitrogens is 4.